The van der Waals surface area contributed by atoms with Crippen molar-refractivity contribution in [2.45, 2.75) is 19.9 Å². The fourth-order valence-corrected chi connectivity index (χ4v) is 4.23. The maximum Gasteiger partial charge on any atom is 0.244 e. The van der Waals surface area contributed by atoms with Gasteiger partial charge in [0, 0.05) is 56.8 Å². The second-order valence-corrected chi connectivity index (χ2v) is 7.36. The number of fused-ring (bicyclic) bond motifs is 2. The SMILES string of the molecule is CCc1nnc2ccc(N3CC4CN(C(=O)Cn5cccn5)CC4C3)nn12. The van der Waals surface area contributed by atoms with Crippen LogP contribution in [0.15, 0.2) is 30.6 Å². The van der Waals surface area contributed by atoms with Gasteiger partial charge >= 0.3 is 0 Å². The van der Waals surface area contributed by atoms with Gasteiger partial charge in [-0.05, 0) is 18.2 Å². The quantitative estimate of drug-likeness (QED) is 0.668. The first-order valence-electron chi connectivity index (χ1n) is 9.42. The van der Waals surface area contributed by atoms with E-state index in [2.05, 4.69) is 27.1 Å². The van der Waals surface area contributed by atoms with Crippen LogP contribution in [0.25, 0.3) is 5.65 Å². The van der Waals surface area contributed by atoms with Crippen molar-refractivity contribution in [1.29, 1.82) is 0 Å². The highest BCUT2D eigenvalue weighted by molar-refractivity contribution is 5.76. The highest BCUT2D eigenvalue weighted by Crippen LogP contribution is 2.33. The van der Waals surface area contributed by atoms with Crippen LogP contribution in [-0.2, 0) is 17.8 Å². The lowest BCUT2D eigenvalue weighted by atomic mass is 10.0. The molecule has 5 rings (SSSR count). The Morgan fingerprint density at radius 2 is 1.96 bits per heavy atom. The van der Waals surface area contributed by atoms with Gasteiger partial charge < -0.3 is 9.80 Å². The number of aryl methyl sites for hydroxylation is 1. The lowest BCUT2D eigenvalue weighted by molar-refractivity contribution is -0.131. The van der Waals surface area contributed by atoms with Gasteiger partial charge in [0.05, 0.1) is 0 Å². The molecule has 0 aliphatic carbocycles. The molecule has 2 atom stereocenters. The minimum Gasteiger partial charge on any atom is -0.354 e. The van der Waals surface area contributed by atoms with Gasteiger partial charge in [-0.25, -0.2) is 0 Å². The summed E-state index contributed by atoms with van der Waals surface area (Å²) < 4.78 is 3.52. The number of nitrogens with zero attached hydrogens (tertiary/aromatic N) is 8. The standard InChI is InChI=1S/C18H22N8O/c1-2-15-20-21-16-4-5-17(22-26(15)16)23-8-13-10-24(11-14(13)9-23)18(27)12-25-7-3-6-19-25/h3-7,13-14H,2,8-12H2,1H3. The Bertz CT molecular complexity index is 951. The lowest BCUT2D eigenvalue weighted by Crippen LogP contribution is -2.35. The first-order valence-corrected chi connectivity index (χ1v) is 9.42. The summed E-state index contributed by atoms with van der Waals surface area (Å²) in [6, 6.07) is 5.83. The predicted molar refractivity (Wildman–Crippen MR) is 98.2 cm³/mol. The molecular weight excluding hydrogens is 344 g/mol. The van der Waals surface area contributed by atoms with Gasteiger partial charge in [0.25, 0.3) is 0 Å². The van der Waals surface area contributed by atoms with Crippen molar-refractivity contribution in [3.05, 3.63) is 36.4 Å². The van der Waals surface area contributed by atoms with Crippen LogP contribution in [0, 0.1) is 11.8 Å². The summed E-state index contributed by atoms with van der Waals surface area (Å²) in [7, 11) is 0. The van der Waals surface area contributed by atoms with E-state index in [4.69, 9.17) is 5.10 Å². The third-order valence-electron chi connectivity index (χ3n) is 5.65. The number of rotatable bonds is 4. The smallest absolute Gasteiger partial charge is 0.244 e. The third kappa shape index (κ3) is 2.83. The summed E-state index contributed by atoms with van der Waals surface area (Å²) in [5, 5.41) is 17.2. The largest absolute Gasteiger partial charge is 0.354 e. The predicted octanol–water partition coefficient (Wildman–Crippen LogP) is 0.478. The van der Waals surface area contributed by atoms with Crippen LogP contribution in [0.5, 0.6) is 0 Å². The first kappa shape index (κ1) is 16.2. The highest BCUT2D eigenvalue weighted by Gasteiger charge is 2.42. The Hall–Kier alpha value is -2.97. The second-order valence-electron chi connectivity index (χ2n) is 7.36. The number of hydrogen-bond donors (Lipinski definition) is 0. The van der Waals surface area contributed by atoms with E-state index in [1.807, 2.05) is 33.8 Å². The van der Waals surface area contributed by atoms with Gasteiger partial charge in [-0.1, -0.05) is 6.92 Å². The summed E-state index contributed by atoms with van der Waals surface area (Å²) in [5.74, 6) is 2.98. The van der Waals surface area contributed by atoms with Crippen molar-refractivity contribution in [2.24, 2.45) is 11.8 Å². The van der Waals surface area contributed by atoms with Gasteiger partial charge in [0.1, 0.15) is 12.4 Å². The summed E-state index contributed by atoms with van der Waals surface area (Å²) in [6.07, 6.45) is 4.33. The molecule has 27 heavy (non-hydrogen) atoms. The van der Waals surface area contributed by atoms with Crippen LogP contribution in [-0.4, -0.2) is 66.6 Å². The third-order valence-corrected chi connectivity index (χ3v) is 5.65. The minimum absolute atomic E-state index is 0.149. The van der Waals surface area contributed by atoms with E-state index in [0.29, 0.717) is 18.4 Å². The van der Waals surface area contributed by atoms with E-state index in [0.717, 1.165) is 49.9 Å². The fourth-order valence-electron chi connectivity index (χ4n) is 4.23. The van der Waals surface area contributed by atoms with Crippen molar-refractivity contribution in [3.63, 3.8) is 0 Å². The average Bonchev–Trinajstić information content (AvgIpc) is 3.43. The van der Waals surface area contributed by atoms with Crippen molar-refractivity contribution in [1.82, 2.24) is 34.5 Å². The van der Waals surface area contributed by atoms with Gasteiger partial charge in [-0.2, -0.15) is 9.61 Å². The van der Waals surface area contributed by atoms with Crippen LogP contribution in [0.1, 0.15) is 12.7 Å². The molecule has 1 amide bonds. The zero-order chi connectivity index (χ0) is 18.4. The van der Waals surface area contributed by atoms with E-state index in [1.165, 1.54) is 0 Å². The Morgan fingerprint density at radius 1 is 1.15 bits per heavy atom. The summed E-state index contributed by atoms with van der Waals surface area (Å²) in [4.78, 5) is 16.8. The number of likely N-dealkylation sites (tertiary alicyclic amines) is 1. The number of aromatic nitrogens is 6. The summed E-state index contributed by atoms with van der Waals surface area (Å²) in [6.45, 7) is 5.87. The van der Waals surface area contributed by atoms with Crippen LogP contribution in [0.3, 0.4) is 0 Å². The maximum atomic E-state index is 12.5. The molecule has 2 saturated heterocycles. The molecule has 5 heterocycles. The number of anilines is 1. The molecule has 0 N–H and O–H groups in total. The lowest BCUT2D eigenvalue weighted by Gasteiger charge is -2.22. The molecule has 2 fully saturated rings. The van der Waals surface area contributed by atoms with Gasteiger partial charge in [-0.3, -0.25) is 9.48 Å². The summed E-state index contributed by atoms with van der Waals surface area (Å²) in [5.41, 5.74) is 0.783. The zero-order valence-electron chi connectivity index (χ0n) is 15.3. The van der Waals surface area contributed by atoms with Crippen molar-refractivity contribution in [2.75, 3.05) is 31.1 Å². The van der Waals surface area contributed by atoms with E-state index >= 15 is 0 Å². The van der Waals surface area contributed by atoms with Gasteiger partial charge in [0.15, 0.2) is 11.5 Å². The molecule has 9 nitrogen and oxygen atoms in total. The van der Waals surface area contributed by atoms with Crippen molar-refractivity contribution < 1.29 is 4.79 Å². The normalized spacial score (nSPS) is 22.0. The first-order chi connectivity index (χ1) is 13.2. The molecule has 0 radical (unpaired) electrons. The number of amides is 1. The fraction of sp³-hybridized carbons (Fsp3) is 0.500. The molecule has 0 aromatic carbocycles. The molecule has 2 aliphatic heterocycles. The maximum absolute atomic E-state index is 12.5. The second kappa shape index (κ2) is 6.33. The summed E-state index contributed by atoms with van der Waals surface area (Å²) >= 11 is 0. The zero-order valence-corrected chi connectivity index (χ0v) is 15.3. The molecule has 3 aromatic heterocycles. The Kier molecular flexibility index (Phi) is 3.80. The Labute approximate surface area is 156 Å². The number of carbonyl (C=O) groups is 1. The van der Waals surface area contributed by atoms with Crippen LogP contribution >= 0.6 is 0 Å². The monoisotopic (exact) mass is 366 g/mol. The van der Waals surface area contributed by atoms with E-state index < -0.39 is 0 Å². The van der Waals surface area contributed by atoms with Gasteiger partial charge in [-0.15, -0.1) is 15.3 Å². The topological polar surface area (TPSA) is 84.5 Å². The van der Waals surface area contributed by atoms with Crippen LogP contribution < -0.4 is 4.90 Å². The molecule has 0 bridgehead atoms. The van der Waals surface area contributed by atoms with E-state index in [1.54, 1.807) is 10.9 Å². The number of carbonyl (C=O) groups excluding carboxylic acids is 1. The molecule has 0 saturated carbocycles. The Morgan fingerprint density at radius 3 is 2.67 bits per heavy atom. The van der Waals surface area contributed by atoms with Crippen LogP contribution in [0.2, 0.25) is 0 Å². The number of hydrogen-bond acceptors (Lipinski definition) is 6. The molecule has 140 valence electrons. The van der Waals surface area contributed by atoms with E-state index in [-0.39, 0.29) is 5.91 Å². The molecule has 3 aromatic rings. The molecule has 9 heteroatoms. The molecule has 0 spiro atoms. The van der Waals surface area contributed by atoms with Crippen LogP contribution in [0.4, 0.5) is 5.82 Å². The molecule has 2 unspecified atom stereocenters. The average molecular weight is 366 g/mol. The molecular formula is C18H22N8O. The van der Waals surface area contributed by atoms with Gasteiger partial charge in [0.2, 0.25) is 5.91 Å². The van der Waals surface area contributed by atoms with Crippen molar-refractivity contribution >= 4 is 17.4 Å². The minimum atomic E-state index is 0.149. The highest BCUT2D eigenvalue weighted by atomic mass is 16.2. The molecule has 2 aliphatic rings. The Balaban J connectivity index is 1.26. The van der Waals surface area contributed by atoms with E-state index in [9.17, 15) is 4.79 Å². The van der Waals surface area contributed by atoms with Crippen molar-refractivity contribution in [3.8, 4) is 0 Å².